The molecule has 1 heterocycles. The number of nitrogens with zero attached hydrogens (tertiary/aromatic N) is 2. The number of carbonyl (C=O) groups excluding carboxylic acids is 1. The molecule has 6 nitrogen and oxygen atoms in total. The fourth-order valence-corrected chi connectivity index (χ4v) is 5.36. The second-order valence-corrected chi connectivity index (χ2v) is 9.06. The van der Waals surface area contributed by atoms with E-state index in [1.807, 2.05) is 18.0 Å². The monoisotopic (exact) mass is 412 g/mol. The molecule has 1 aromatic carbocycles. The van der Waals surface area contributed by atoms with Gasteiger partial charge in [-0.2, -0.15) is 0 Å². The summed E-state index contributed by atoms with van der Waals surface area (Å²) < 4.78 is 5.96. The molecule has 4 rings (SSSR count). The molecule has 1 spiro atoms. The van der Waals surface area contributed by atoms with Crippen LogP contribution in [0.3, 0.4) is 0 Å². The fourth-order valence-electron chi connectivity index (χ4n) is 5.36. The zero-order valence-electron chi connectivity index (χ0n) is 18.4. The fraction of sp³-hybridized carbons (Fsp3) is 0.667. The molecule has 2 N–H and O–H groups in total. The molecule has 3 atom stereocenters. The Labute approximate surface area is 180 Å². The number of ether oxygens (including phenoxy) is 1. The summed E-state index contributed by atoms with van der Waals surface area (Å²) in [5.41, 5.74) is 1.60. The molecule has 0 bridgehead atoms. The number of likely N-dealkylation sites (tertiary alicyclic amines) is 1. The van der Waals surface area contributed by atoms with E-state index in [-0.39, 0.29) is 5.91 Å². The molecular weight excluding hydrogens is 376 g/mol. The van der Waals surface area contributed by atoms with Crippen LogP contribution in [-0.2, 0) is 16.0 Å². The summed E-state index contributed by atoms with van der Waals surface area (Å²) in [6, 6.07) is 10.8. The number of guanidine groups is 1. The summed E-state index contributed by atoms with van der Waals surface area (Å²) in [6.07, 6.45) is 6.80. The molecule has 0 aromatic heterocycles. The lowest BCUT2D eigenvalue weighted by atomic mass is 9.51. The van der Waals surface area contributed by atoms with E-state index in [9.17, 15) is 4.79 Å². The van der Waals surface area contributed by atoms with Crippen molar-refractivity contribution in [2.45, 2.75) is 57.6 Å². The van der Waals surface area contributed by atoms with Gasteiger partial charge in [-0.05, 0) is 38.2 Å². The molecule has 1 aromatic rings. The normalized spacial score (nSPS) is 27.7. The van der Waals surface area contributed by atoms with Gasteiger partial charge in [0.1, 0.15) is 0 Å². The Bertz CT molecular complexity index is 747. The van der Waals surface area contributed by atoms with Gasteiger partial charge < -0.3 is 20.3 Å². The molecule has 2 aliphatic carbocycles. The first kappa shape index (κ1) is 21.2. The average Bonchev–Trinajstić information content (AvgIpc) is 3.07. The highest BCUT2D eigenvalue weighted by Crippen LogP contribution is 2.57. The van der Waals surface area contributed by atoms with Gasteiger partial charge in [0, 0.05) is 57.1 Å². The van der Waals surface area contributed by atoms with E-state index in [4.69, 9.17) is 4.74 Å². The molecule has 3 unspecified atom stereocenters. The van der Waals surface area contributed by atoms with Crippen molar-refractivity contribution in [3.05, 3.63) is 35.9 Å². The Morgan fingerprint density at radius 3 is 2.77 bits per heavy atom. The Morgan fingerprint density at radius 2 is 2.10 bits per heavy atom. The van der Waals surface area contributed by atoms with E-state index in [0.717, 1.165) is 45.0 Å². The van der Waals surface area contributed by atoms with Crippen molar-refractivity contribution in [2.75, 3.05) is 33.3 Å². The number of nitrogens with one attached hydrogen (secondary N) is 2. The van der Waals surface area contributed by atoms with Crippen LogP contribution < -0.4 is 10.6 Å². The number of carbonyl (C=O) groups is 1. The summed E-state index contributed by atoms with van der Waals surface area (Å²) in [5.74, 6) is 1.46. The van der Waals surface area contributed by atoms with Crippen LogP contribution >= 0.6 is 0 Å². The van der Waals surface area contributed by atoms with Crippen LogP contribution in [0.1, 0.15) is 44.6 Å². The molecule has 6 heteroatoms. The minimum absolute atomic E-state index is 0.271. The second-order valence-electron chi connectivity index (χ2n) is 9.06. The standard InChI is InChI=1S/C24H36N4O2/c1-3-30-21-15-20(24(21)11-7-12-24)27-23(25-2)26-16-19-14-22(29)28(17-19)13-10-18-8-5-4-6-9-18/h4-6,8-9,19-21H,3,7,10-17H2,1-2H3,(H2,25,26,27). The van der Waals surface area contributed by atoms with Crippen LogP contribution in [0.5, 0.6) is 0 Å². The molecule has 164 valence electrons. The minimum Gasteiger partial charge on any atom is -0.378 e. The lowest BCUT2D eigenvalue weighted by molar-refractivity contribution is -0.168. The third kappa shape index (κ3) is 4.34. The van der Waals surface area contributed by atoms with Gasteiger partial charge in [-0.3, -0.25) is 9.79 Å². The predicted octanol–water partition coefficient (Wildman–Crippen LogP) is 2.59. The van der Waals surface area contributed by atoms with Crippen molar-refractivity contribution in [1.82, 2.24) is 15.5 Å². The smallest absolute Gasteiger partial charge is 0.223 e. The van der Waals surface area contributed by atoms with E-state index in [1.165, 1.54) is 24.8 Å². The van der Waals surface area contributed by atoms with Crippen molar-refractivity contribution in [3.63, 3.8) is 0 Å². The molecular formula is C24H36N4O2. The van der Waals surface area contributed by atoms with Crippen LogP contribution in [0.2, 0.25) is 0 Å². The van der Waals surface area contributed by atoms with Crippen molar-refractivity contribution in [3.8, 4) is 0 Å². The summed E-state index contributed by atoms with van der Waals surface area (Å²) in [7, 11) is 1.83. The Morgan fingerprint density at radius 1 is 1.30 bits per heavy atom. The highest BCUT2D eigenvalue weighted by atomic mass is 16.5. The lowest BCUT2D eigenvalue weighted by Gasteiger charge is -2.61. The Hall–Kier alpha value is -2.08. The topological polar surface area (TPSA) is 66.0 Å². The lowest BCUT2D eigenvalue weighted by Crippen LogP contribution is -2.68. The maximum atomic E-state index is 12.4. The third-order valence-electron chi connectivity index (χ3n) is 7.34. The summed E-state index contributed by atoms with van der Waals surface area (Å²) >= 11 is 0. The molecule has 0 radical (unpaired) electrons. The first-order chi connectivity index (χ1) is 14.6. The third-order valence-corrected chi connectivity index (χ3v) is 7.34. The molecule has 1 aliphatic heterocycles. The van der Waals surface area contributed by atoms with Crippen LogP contribution in [0.4, 0.5) is 0 Å². The number of hydrogen-bond acceptors (Lipinski definition) is 3. The zero-order chi connectivity index (χ0) is 21.0. The summed E-state index contributed by atoms with van der Waals surface area (Å²) in [5, 5.41) is 7.12. The van der Waals surface area contributed by atoms with Gasteiger partial charge in [0.2, 0.25) is 5.91 Å². The van der Waals surface area contributed by atoms with Gasteiger partial charge in [-0.1, -0.05) is 36.8 Å². The van der Waals surface area contributed by atoms with Gasteiger partial charge in [0.15, 0.2) is 5.96 Å². The molecule has 30 heavy (non-hydrogen) atoms. The number of benzene rings is 1. The van der Waals surface area contributed by atoms with Gasteiger partial charge >= 0.3 is 0 Å². The van der Waals surface area contributed by atoms with Gasteiger partial charge in [0.05, 0.1) is 6.10 Å². The van der Waals surface area contributed by atoms with Crippen molar-refractivity contribution < 1.29 is 9.53 Å². The Balaban J connectivity index is 1.22. The van der Waals surface area contributed by atoms with E-state index in [1.54, 1.807) is 0 Å². The molecule has 2 saturated carbocycles. The molecule has 3 aliphatic rings. The zero-order valence-corrected chi connectivity index (χ0v) is 18.4. The molecule has 3 fully saturated rings. The number of aliphatic imine (C=N–C) groups is 1. The molecule has 1 saturated heterocycles. The van der Waals surface area contributed by atoms with Crippen molar-refractivity contribution in [2.24, 2.45) is 16.3 Å². The van der Waals surface area contributed by atoms with Crippen LogP contribution in [-0.4, -0.2) is 62.2 Å². The van der Waals surface area contributed by atoms with Crippen LogP contribution in [0, 0.1) is 11.3 Å². The molecule has 1 amide bonds. The Kier molecular flexibility index (Phi) is 6.61. The highest BCUT2D eigenvalue weighted by molar-refractivity contribution is 5.81. The maximum Gasteiger partial charge on any atom is 0.223 e. The van der Waals surface area contributed by atoms with Gasteiger partial charge in [0.25, 0.3) is 0 Å². The highest BCUT2D eigenvalue weighted by Gasteiger charge is 2.59. The van der Waals surface area contributed by atoms with E-state index in [2.05, 4.69) is 46.8 Å². The van der Waals surface area contributed by atoms with E-state index in [0.29, 0.717) is 29.9 Å². The SMILES string of the molecule is CCOC1CC(NC(=NC)NCC2CC(=O)N(CCc3ccccc3)C2)C12CCC2. The van der Waals surface area contributed by atoms with Crippen LogP contribution in [0.15, 0.2) is 35.3 Å². The van der Waals surface area contributed by atoms with Gasteiger partial charge in [-0.15, -0.1) is 0 Å². The van der Waals surface area contributed by atoms with Crippen LogP contribution in [0.25, 0.3) is 0 Å². The van der Waals surface area contributed by atoms with Gasteiger partial charge in [-0.25, -0.2) is 0 Å². The second kappa shape index (κ2) is 9.38. The quantitative estimate of drug-likeness (QED) is 0.509. The van der Waals surface area contributed by atoms with Crippen molar-refractivity contribution in [1.29, 1.82) is 0 Å². The number of amides is 1. The minimum atomic E-state index is 0.271. The van der Waals surface area contributed by atoms with E-state index >= 15 is 0 Å². The van der Waals surface area contributed by atoms with Crippen molar-refractivity contribution >= 4 is 11.9 Å². The van der Waals surface area contributed by atoms with E-state index < -0.39 is 0 Å². The number of hydrogen-bond donors (Lipinski definition) is 2. The first-order valence-corrected chi connectivity index (χ1v) is 11.5. The summed E-state index contributed by atoms with van der Waals surface area (Å²) in [6.45, 7) is 5.29. The first-order valence-electron chi connectivity index (χ1n) is 11.5. The average molecular weight is 413 g/mol. The maximum absolute atomic E-state index is 12.4. The predicted molar refractivity (Wildman–Crippen MR) is 119 cm³/mol. The largest absolute Gasteiger partial charge is 0.378 e. The number of rotatable bonds is 8. The summed E-state index contributed by atoms with van der Waals surface area (Å²) in [4.78, 5) is 18.9.